The van der Waals surface area contributed by atoms with Crippen LogP contribution in [0, 0.1) is 11.8 Å². The summed E-state index contributed by atoms with van der Waals surface area (Å²) in [6.07, 6.45) is 6.82. The summed E-state index contributed by atoms with van der Waals surface area (Å²) in [5, 5.41) is 4.68. The van der Waals surface area contributed by atoms with Gasteiger partial charge in [-0.3, -0.25) is 18.8 Å². The van der Waals surface area contributed by atoms with Crippen molar-refractivity contribution in [1.29, 1.82) is 0 Å². The SMILES string of the molecule is CC(CCc1ccccc1)C(=O)N1CCC(Cn2cnc3c(cnn3C)c2=O)CC1. The predicted octanol–water partition coefficient (Wildman–Crippen LogP) is 2.64. The molecule has 0 radical (unpaired) electrons. The zero-order valence-corrected chi connectivity index (χ0v) is 17.7. The molecular weight excluding hydrogens is 378 g/mol. The van der Waals surface area contributed by atoms with E-state index in [-0.39, 0.29) is 17.4 Å². The molecule has 1 unspecified atom stereocenters. The molecule has 7 heteroatoms. The molecule has 2 aromatic heterocycles. The van der Waals surface area contributed by atoms with E-state index < -0.39 is 0 Å². The molecule has 3 aromatic rings. The minimum Gasteiger partial charge on any atom is -0.342 e. The molecule has 0 aliphatic carbocycles. The van der Waals surface area contributed by atoms with Gasteiger partial charge in [0.2, 0.25) is 5.91 Å². The Labute approximate surface area is 176 Å². The van der Waals surface area contributed by atoms with Crippen molar-refractivity contribution in [2.24, 2.45) is 18.9 Å². The van der Waals surface area contributed by atoms with E-state index in [9.17, 15) is 9.59 Å². The van der Waals surface area contributed by atoms with Gasteiger partial charge in [0.1, 0.15) is 5.39 Å². The van der Waals surface area contributed by atoms with Crippen molar-refractivity contribution in [2.45, 2.75) is 39.2 Å². The fourth-order valence-electron chi connectivity index (χ4n) is 4.27. The molecule has 4 rings (SSSR count). The standard InChI is InChI=1S/C23H29N5O2/c1-17(8-9-18-6-4-3-5-7-18)22(29)27-12-10-19(11-13-27)15-28-16-24-21-20(23(28)30)14-25-26(21)2/h3-7,14,16-17,19H,8-13,15H2,1-2H3. The Hall–Kier alpha value is -2.96. The number of fused-ring (bicyclic) bond motifs is 1. The second-order valence-corrected chi connectivity index (χ2v) is 8.40. The first-order valence-electron chi connectivity index (χ1n) is 10.7. The topological polar surface area (TPSA) is 73.0 Å². The highest BCUT2D eigenvalue weighted by atomic mass is 16.2. The summed E-state index contributed by atoms with van der Waals surface area (Å²) in [6.45, 7) is 4.20. The van der Waals surface area contributed by atoms with Gasteiger partial charge in [-0.2, -0.15) is 5.10 Å². The third-order valence-corrected chi connectivity index (χ3v) is 6.23. The molecule has 0 N–H and O–H groups in total. The first kappa shape index (κ1) is 20.3. The van der Waals surface area contributed by atoms with E-state index in [0.29, 0.717) is 23.5 Å². The van der Waals surface area contributed by atoms with Crippen LogP contribution in [-0.4, -0.2) is 43.2 Å². The quantitative estimate of drug-likeness (QED) is 0.630. The number of likely N-dealkylation sites (tertiary alicyclic amines) is 1. The molecule has 1 aliphatic heterocycles. The van der Waals surface area contributed by atoms with Gasteiger partial charge in [-0.15, -0.1) is 0 Å². The van der Waals surface area contributed by atoms with E-state index >= 15 is 0 Å². The molecule has 1 saturated heterocycles. The van der Waals surface area contributed by atoms with Gasteiger partial charge in [-0.1, -0.05) is 37.3 Å². The van der Waals surface area contributed by atoms with E-state index in [1.165, 1.54) is 5.56 Å². The smallest absolute Gasteiger partial charge is 0.264 e. The molecule has 1 atom stereocenters. The highest BCUT2D eigenvalue weighted by molar-refractivity contribution is 5.78. The second-order valence-electron chi connectivity index (χ2n) is 8.40. The first-order chi connectivity index (χ1) is 14.5. The van der Waals surface area contributed by atoms with Crippen LogP contribution in [0.1, 0.15) is 31.7 Å². The van der Waals surface area contributed by atoms with Crippen molar-refractivity contribution >= 4 is 16.9 Å². The van der Waals surface area contributed by atoms with Crippen molar-refractivity contribution in [3.05, 3.63) is 58.8 Å². The fourth-order valence-corrected chi connectivity index (χ4v) is 4.27. The van der Waals surface area contributed by atoms with Crippen LogP contribution < -0.4 is 5.56 Å². The average molecular weight is 408 g/mol. The van der Waals surface area contributed by atoms with Gasteiger partial charge in [0.25, 0.3) is 5.56 Å². The van der Waals surface area contributed by atoms with Crippen LogP contribution in [0.25, 0.3) is 11.0 Å². The number of hydrogen-bond donors (Lipinski definition) is 0. The van der Waals surface area contributed by atoms with Gasteiger partial charge in [0.05, 0.1) is 12.5 Å². The summed E-state index contributed by atoms with van der Waals surface area (Å²) in [4.78, 5) is 31.9. The van der Waals surface area contributed by atoms with E-state index in [1.54, 1.807) is 28.8 Å². The maximum Gasteiger partial charge on any atom is 0.264 e. The molecule has 30 heavy (non-hydrogen) atoms. The number of aromatic nitrogens is 4. The average Bonchev–Trinajstić information content (AvgIpc) is 3.16. The van der Waals surface area contributed by atoms with Crippen LogP contribution in [-0.2, 0) is 24.8 Å². The minimum atomic E-state index is -0.0406. The van der Waals surface area contributed by atoms with Crippen LogP contribution >= 0.6 is 0 Å². The zero-order valence-electron chi connectivity index (χ0n) is 17.7. The van der Waals surface area contributed by atoms with Gasteiger partial charge in [-0.05, 0) is 37.2 Å². The predicted molar refractivity (Wildman–Crippen MR) is 116 cm³/mol. The lowest BCUT2D eigenvalue weighted by atomic mass is 9.94. The van der Waals surface area contributed by atoms with Crippen LogP contribution in [0.2, 0.25) is 0 Å². The lowest BCUT2D eigenvalue weighted by Crippen LogP contribution is -2.42. The third-order valence-electron chi connectivity index (χ3n) is 6.23. The maximum absolute atomic E-state index is 12.8. The van der Waals surface area contributed by atoms with Crippen molar-refractivity contribution in [3.63, 3.8) is 0 Å². The minimum absolute atomic E-state index is 0.0292. The third kappa shape index (κ3) is 4.30. The van der Waals surface area contributed by atoms with Gasteiger partial charge in [0, 0.05) is 32.6 Å². The number of nitrogens with zero attached hydrogens (tertiary/aromatic N) is 5. The highest BCUT2D eigenvalue weighted by Gasteiger charge is 2.26. The van der Waals surface area contributed by atoms with Crippen LogP contribution in [0.15, 0.2) is 47.7 Å². The molecular formula is C23H29N5O2. The molecule has 0 saturated carbocycles. The lowest BCUT2D eigenvalue weighted by Gasteiger charge is -2.33. The van der Waals surface area contributed by atoms with Crippen molar-refractivity contribution in [1.82, 2.24) is 24.2 Å². The molecule has 7 nitrogen and oxygen atoms in total. The molecule has 1 aliphatic rings. The van der Waals surface area contributed by atoms with Gasteiger partial charge >= 0.3 is 0 Å². The van der Waals surface area contributed by atoms with E-state index in [2.05, 4.69) is 22.2 Å². The number of hydrogen-bond acceptors (Lipinski definition) is 4. The van der Waals surface area contributed by atoms with Crippen molar-refractivity contribution in [3.8, 4) is 0 Å². The number of aryl methyl sites for hydroxylation is 2. The van der Waals surface area contributed by atoms with Crippen molar-refractivity contribution in [2.75, 3.05) is 13.1 Å². The van der Waals surface area contributed by atoms with Crippen LogP contribution in [0.4, 0.5) is 0 Å². The van der Waals surface area contributed by atoms with Gasteiger partial charge in [0.15, 0.2) is 5.65 Å². The largest absolute Gasteiger partial charge is 0.342 e. The first-order valence-corrected chi connectivity index (χ1v) is 10.7. The maximum atomic E-state index is 12.8. The van der Waals surface area contributed by atoms with Crippen molar-refractivity contribution < 1.29 is 4.79 Å². The molecule has 0 bridgehead atoms. The Morgan fingerprint density at radius 3 is 2.67 bits per heavy atom. The number of amides is 1. The number of carbonyl (C=O) groups excluding carboxylic acids is 1. The summed E-state index contributed by atoms with van der Waals surface area (Å²) in [5.74, 6) is 0.656. The lowest BCUT2D eigenvalue weighted by molar-refractivity contribution is -0.136. The summed E-state index contributed by atoms with van der Waals surface area (Å²) in [7, 11) is 1.78. The van der Waals surface area contributed by atoms with E-state index in [0.717, 1.165) is 38.8 Å². The summed E-state index contributed by atoms with van der Waals surface area (Å²) >= 11 is 0. The van der Waals surface area contributed by atoms with E-state index in [4.69, 9.17) is 0 Å². The highest BCUT2D eigenvalue weighted by Crippen LogP contribution is 2.22. The Balaban J connectivity index is 1.30. The Morgan fingerprint density at radius 2 is 1.93 bits per heavy atom. The summed E-state index contributed by atoms with van der Waals surface area (Å²) in [6, 6.07) is 10.3. The number of benzene rings is 1. The zero-order chi connectivity index (χ0) is 21.1. The van der Waals surface area contributed by atoms with E-state index in [1.807, 2.05) is 30.0 Å². The Bertz CT molecular complexity index is 1060. The molecule has 158 valence electrons. The van der Waals surface area contributed by atoms with Gasteiger partial charge < -0.3 is 4.90 Å². The second kappa shape index (κ2) is 8.81. The monoisotopic (exact) mass is 407 g/mol. The molecule has 1 amide bonds. The van der Waals surface area contributed by atoms with Crippen LogP contribution in [0.5, 0.6) is 0 Å². The summed E-state index contributed by atoms with van der Waals surface area (Å²) in [5.41, 5.74) is 1.85. The number of rotatable bonds is 6. The fraction of sp³-hybridized carbons (Fsp3) is 0.478. The Morgan fingerprint density at radius 1 is 1.20 bits per heavy atom. The normalized spacial score (nSPS) is 16.1. The molecule has 1 fully saturated rings. The summed E-state index contributed by atoms with van der Waals surface area (Å²) < 4.78 is 3.30. The number of carbonyl (C=O) groups is 1. The number of piperidine rings is 1. The Kier molecular flexibility index (Phi) is 5.97. The van der Waals surface area contributed by atoms with Gasteiger partial charge in [-0.25, -0.2) is 4.98 Å². The molecule has 1 aromatic carbocycles. The molecule has 0 spiro atoms. The molecule has 3 heterocycles. The van der Waals surface area contributed by atoms with Crippen LogP contribution in [0.3, 0.4) is 0 Å².